The third kappa shape index (κ3) is 5.40. The van der Waals surface area contributed by atoms with Crippen LogP contribution in [0, 0.1) is 11.3 Å². The largest absolute Gasteiger partial charge is 0.465 e. The maximum absolute atomic E-state index is 12.0. The van der Waals surface area contributed by atoms with Gasteiger partial charge in [-0.05, 0) is 36.1 Å². The van der Waals surface area contributed by atoms with Crippen molar-refractivity contribution in [3.63, 3.8) is 0 Å². The van der Waals surface area contributed by atoms with Crippen molar-refractivity contribution >= 4 is 18.0 Å². The summed E-state index contributed by atoms with van der Waals surface area (Å²) >= 11 is 0. The second-order valence-corrected chi connectivity index (χ2v) is 5.05. The van der Waals surface area contributed by atoms with Gasteiger partial charge in [0.05, 0.1) is 25.9 Å². The molecule has 0 amide bonds. The van der Waals surface area contributed by atoms with Crippen LogP contribution in [0.4, 0.5) is 0 Å². The van der Waals surface area contributed by atoms with Crippen molar-refractivity contribution in [3.8, 4) is 6.07 Å². The number of hydrogen-bond donors (Lipinski definition) is 0. The Bertz CT molecular complexity index is 660. The number of allylic oxidation sites excluding steroid dienone is 2. The number of carbonyl (C=O) groups excluding carboxylic acids is 2. The lowest BCUT2D eigenvalue weighted by Gasteiger charge is -2.09. The zero-order valence-corrected chi connectivity index (χ0v) is 14.2. The highest BCUT2D eigenvalue weighted by Gasteiger charge is 2.23. The normalized spacial score (nSPS) is 10.1. The number of rotatable bonds is 7. The van der Waals surface area contributed by atoms with Crippen LogP contribution in [-0.2, 0) is 19.1 Å². The van der Waals surface area contributed by atoms with Crippen molar-refractivity contribution in [2.75, 3.05) is 14.2 Å². The third-order valence-electron chi connectivity index (χ3n) is 3.42. The summed E-state index contributed by atoms with van der Waals surface area (Å²) in [5.74, 6) is -1.42. The minimum absolute atomic E-state index is 0.0849. The van der Waals surface area contributed by atoms with E-state index in [1.54, 1.807) is 36.4 Å². The van der Waals surface area contributed by atoms with E-state index in [-0.39, 0.29) is 5.57 Å². The van der Waals surface area contributed by atoms with Crippen LogP contribution in [0.25, 0.3) is 6.08 Å². The number of benzene rings is 1. The highest BCUT2D eigenvalue weighted by Crippen LogP contribution is 2.19. The summed E-state index contributed by atoms with van der Waals surface area (Å²) in [4.78, 5) is 23.9. The second kappa shape index (κ2) is 10.0. The topological polar surface area (TPSA) is 76.4 Å². The SMILES string of the molecule is CCCCC(/C=C/c1ccc(C#N)cc1)=C(C(=O)OC)C(=O)OC. The lowest BCUT2D eigenvalue weighted by molar-refractivity contribution is -0.144. The van der Waals surface area contributed by atoms with Crippen LogP contribution < -0.4 is 0 Å². The average molecular weight is 327 g/mol. The zero-order chi connectivity index (χ0) is 17.9. The van der Waals surface area contributed by atoms with Gasteiger partial charge in [-0.1, -0.05) is 37.6 Å². The molecule has 0 aliphatic heterocycles. The van der Waals surface area contributed by atoms with Gasteiger partial charge in [0, 0.05) is 0 Å². The molecule has 0 atom stereocenters. The first-order valence-corrected chi connectivity index (χ1v) is 7.65. The van der Waals surface area contributed by atoms with E-state index in [0.29, 0.717) is 17.6 Å². The Labute approximate surface area is 142 Å². The third-order valence-corrected chi connectivity index (χ3v) is 3.42. The van der Waals surface area contributed by atoms with Crippen LogP contribution in [-0.4, -0.2) is 26.2 Å². The van der Waals surface area contributed by atoms with E-state index in [1.165, 1.54) is 14.2 Å². The van der Waals surface area contributed by atoms with Gasteiger partial charge in [-0.2, -0.15) is 5.26 Å². The molecule has 5 heteroatoms. The van der Waals surface area contributed by atoms with Crippen molar-refractivity contribution in [1.82, 2.24) is 0 Å². The summed E-state index contributed by atoms with van der Waals surface area (Å²) in [6.07, 6.45) is 5.81. The van der Waals surface area contributed by atoms with Gasteiger partial charge in [-0.15, -0.1) is 0 Å². The molecule has 0 heterocycles. The van der Waals surface area contributed by atoms with E-state index in [4.69, 9.17) is 14.7 Å². The molecule has 0 radical (unpaired) electrons. The molecule has 1 aromatic rings. The molecule has 24 heavy (non-hydrogen) atoms. The van der Waals surface area contributed by atoms with Gasteiger partial charge in [0.2, 0.25) is 0 Å². The zero-order valence-electron chi connectivity index (χ0n) is 14.2. The minimum atomic E-state index is -0.711. The fourth-order valence-corrected chi connectivity index (χ4v) is 2.07. The molecule has 0 saturated heterocycles. The fourth-order valence-electron chi connectivity index (χ4n) is 2.07. The molecule has 126 valence electrons. The van der Waals surface area contributed by atoms with Crippen LogP contribution in [0.15, 0.2) is 41.5 Å². The van der Waals surface area contributed by atoms with Crippen molar-refractivity contribution in [1.29, 1.82) is 5.26 Å². The number of hydrogen-bond acceptors (Lipinski definition) is 5. The van der Waals surface area contributed by atoms with E-state index in [1.807, 2.05) is 6.92 Å². The number of ether oxygens (including phenoxy) is 2. The fraction of sp³-hybridized carbons (Fsp3) is 0.316. The van der Waals surface area contributed by atoms with Crippen LogP contribution in [0.2, 0.25) is 0 Å². The molecule has 0 aliphatic rings. The molecular formula is C19H21NO4. The Morgan fingerprint density at radius 2 is 1.71 bits per heavy atom. The molecular weight excluding hydrogens is 306 g/mol. The Kier molecular flexibility index (Phi) is 8.00. The van der Waals surface area contributed by atoms with Crippen molar-refractivity contribution in [3.05, 3.63) is 52.6 Å². The lowest BCUT2D eigenvalue weighted by atomic mass is 10.0. The first kappa shape index (κ1) is 19.2. The number of methoxy groups -OCH3 is 2. The number of carbonyl (C=O) groups is 2. The van der Waals surface area contributed by atoms with Crippen LogP contribution in [0.5, 0.6) is 0 Å². The first-order chi connectivity index (χ1) is 11.6. The number of nitrogens with zero attached hydrogens (tertiary/aromatic N) is 1. The molecule has 0 fully saturated rings. The maximum Gasteiger partial charge on any atom is 0.345 e. The molecule has 0 aliphatic carbocycles. The van der Waals surface area contributed by atoms with Gasteiger partial charge in [0.25, 0.3) is 0 Å². The summed E-state index contributed by atoms with van der Waals surface area (Å²) in [6, 6.07) is 9.05. The van der Waals surface area contributed by atoms with E-state index in [0.717, 1.165) is 18.4 Å². The van der Waals surface area contributed by atoms with Gasteiger partial charge in [-0.25, -0.2) is 9.59 Å². The summed E-state index contributed by atoms with van der Waals surface area (Å²) in [5.41, 5.74) is 1.91. The van der Waals surface area contributed by atoms with Crippen molar-refractivity contribution in [2.45, 2.75) is 26.2 Å². The first-order valence-electron chi connectivity index (χ1n) is 7.65. The summed E-state index contributed by atoms with van der Waals surface area (Å²) in [7, 11) is 2.46. The predicted octanol–water partition coefficient (Wildman–Crippen LogP) is 3.40. The smallest absolute Gasteiger partial charge is 0.345 e. The summed E-state index contributed by atoms with van der Waals surface area (Å²) in [6.45, 7) is 2.03. The summed E-state index contributed by atoms with van der Waals surface area (Å²) in [5, 5.41) is 8.81. The van der Waals surface area contributed by atoms with Crippen molar-refractivity contribution < 1.29 is 19.1 Å². The Hall–Kier alpha value is -2.87. The molecule has 0 saturated carbocycles. The molecule has 1 aromatic carbocycles. The molecule has 0 aromatic heterocycles. The Morgan fingerprint density at radius 1 is 1.12 bits per heavy atom. The molecule has 1 rings (SSSR count). The standard InChI is InChI=1S/C19H21NO4/c1-4-5-6-16(17(18(21)23-2)19(22)24-3)12-11-14-7-9-15(13-20)10-8-14/h7-12H,4-6H2,1-3H3/b12-11+. The van der Waals surface area contributed by atoms with Crippen molar-refractivity contribution in [2.24, 2.45) is 0 Å². The van der Waals surface area contributed by atoms with Gasteiger partial charge in [-0.3, -0.25) is 0 Å². The van der Waals surface area contributed by atoms with Crippen LogP contribution in [0.1, 0.15) is 37.3 Å². The van der Waals surface area contributed by atoms with E-state index >= 15 is 0 Å². The van der Waals surface area contributed by atoms with Crippen LogP contribution in [0.3, 0.4) is 0 Å². The van der Waals surface area contributed by atoms with Crippen LogP contribution >= 0.6 is 0 Å². The monoisotopic (exact) mass is 327 g/mol. The number of nitriles is 1. The quantitative estimate of drug-likeness (QED) is 0.252. The lowest BCUT2D eigenvalue weighted by Crippen LogP contribution is -2.18. The molecule has 0 unspecified atom stereocenters. The molecule has 0 spiro atoms. The van der Waals surface area contributed by atoms with Gasteiger partial charge in [0.1, 0.15) is 5.57 Å². The number of esters is 2. The van der Waals surface area contributed by atoms with E-state index in [9.17, 15) is 9.59 Å². The molecule has 0 bridgehead atoms. The molecule has 0 N–H and O–H groups in total. The molecule has 5 nitrogen and oxygen atoms in total. The van der Waals surface area contributed by atoms with E-state index < -0.39 is 11.9 Å². The minimum Gasteiger partial charge on any atom is -0.465 e. The maximum atomic E-state index is 12.0. The highest BCUT2D eigenvalue weighted by molar-refractivity contribution is 6.15. The van der Waals surface area contributed by atoms with E-state index in [2.05, 4.69) is 6.07 Å². The average Bonchev–Trinajstić information content (AvgIpc) is 2.63. The van der Waals surface area contributed by atoms with Gasteiger partial charge < -0.3 is 9.47 Å². The van der Waals surface area contributed by atoms with Gasteiger partial charge in [0.15, 0.2) is 0 Å². The Morgan fingerprint density at radius 3 is 2.17 bits per heavy atom. The summed E-state index contributed by atoms with van der Waals surface area (Å²) < 4.78 is 9.42. The second-order valence-electron chi connectivity index (χ2n) is 5.05. The number of unbranched alkanes of at least 4 members (excludes halogenated alkanes) is 1. The predicted molar refractivity (Wildman–Crippen MR) is 90.8 cm³/mol. The Balaban J connectivity index is 3.23. The van der Waals surface area contributed by atoms with Gasteiger partial charge >= 0.3 is 11.9 Å². The highest BCUT2D eigenvalue weighted by atomic mass is 16.5.